The normalized spacial score (nSPS) is 23.8. The average Bonchev–Trinajstić information content (AvgIpc) is 2.95. The predicted molar refractivity (Wildman–Crippen MR) is 95.5 cm³/mol. The van der Waals surface area contributed by atoms with Gasteiger partial charge >= 0.3 is 5.97 Å². The van der Waals surface area contributed by atoms with Gasteiger partial charge in [0, 0.05) is 18.7 Å². The number of nitrogen functional groups attached to an aromatic ring is 1. The summed E-state index contributed by atoms with van der Waals surface area (Å²) >= 11 is 1.35. The standard InChI is InChI=1S/C17H21N3O4S/c1-2-5-17(15(23)24)6-7-20(9-13(17)21)14(22)10-3-4-12-11(8-10)19-16(18)25-12/h3-4,8,13,21H,2,5-7,9H2,1H3,(H2,18,19)(H,23,24)/t13-,17+/m1/s1. The number of aliphatic hydroxyl groups excluding tert-OH is 1. The Bertz CT molecular complexity index is 821. The summed E-state index contributed by atoms with van der Waals surface area (Å²) in [6.07, 6.45) is 0.227. The molecule has 7 nitrogen and oxygen atoms in total. The molecule has 0 saturated carbocycles. The van der Waals surface area contributed by atoms with Crippen molar-refractivity contribution in [2.75, 3.05) is 18.8 Å². The van der Waals surface area contributed by atoms with Gasteiger partial charge in [-0.15, -0.1) is 0 Å². The van der Waals surface area contributed by atoms with Crippen LogP contribution < -0.4 is 5.73 Å². The van der Waals surface area contributed by atoms with Crippen LogP contribution in [0.4, 0.5) is 5.13 Å². The molecule has 0 spiro atoms. The van der Waals surface area contributed by atoms with Gasteiger partial charge in [0.05, 0.1) is 21.7 Å². The van der Waals surface area contributed by atoms with E-state index in [9.17, 15) is 19.8 Å². The first-order valence-corrected chi connectivity index (χ1v) is 9.06. The highest BCUT2D eigenvalue weighted by Gasteiger charge is 2.48. The van der Waals surface area contributed by atoms with Gasteiger partial charge in [-0.25, -0.2) is 4.98 Å². The zero-order valence-electron chi connectivity index (χ0n) is 13.9. The molecule has 0 unspecified atom stereocenters. The van der Waals surface area contributed by atoms with Crippen molar-refractivity contribution in [3.05, 3.63) is 23.8 Å². The molecule has 2 aromatic rings. The van der Waals surface area contributed by atoms with E-state index < -0.39 is 17.5 Å². The first-order valence-electron chi connectivity index (χ1n) is 8.24. The molecule has 1 aliphatic heterocycles. The van der Waals surface area contributed by atoms with Crippen LogP contribution in [0.15, 0.2) is 18.2 Å². The van der Waals surface area contributed by atoms with E-state index in [-0.39, 0.29) is 18.9 Å². The number of aliphatic hydroxyl groups is 1. The highest BCUT2D eigenvalue weighted by atomic mass is 32.1. The van der Waals surface area contributed by atoms with Gasteiger partial charge in [0.1, 0.15) is 0 Å². The van der Waals surface area contributed by atoms with Crippen molar-refractivity contribution in [2.45, 2.75) is 32.3 Å². The lowest BCUT2D eigenvalue weighted by molar-refractivity contribution is -0.162. The molecule has 134 valence electrons. The monoisotopic (exact) mass is 363 g/mol. The SMILES string of the molecule is CCC[C@]1(C(=O)O)CCN(C(=O)c2ccc3sc(N)nc3c2)C[C@H]1O. The van der Waals surface area contributed by atoms with E-state index in [1.807, 2.05) is 6.92 Å². The number of aliphatic carboxylic acids is 1. The number of amides is 1. The number of rotatable bonds is 4. The molecule has 3 rings (SSSR count). The minimum absolute atomic E-state index is 0.0162. The summed E-state index contributed by atoms with van der Waals surface area (Å²) in [5.74, 6) is -1.23. The lowest BCUT2D eigenvalue weighted by Crippen LogP contribution is -2.56. The van der Waals surface area contributed by atoms with E-state index in [4.69, 9.17) is 5.73 Å². The van der Waals surface area contributed by atoms with Crippen LogP contribution in [0, 0.1) is 5.41 Å². The molecule has 2 atom stereocenters. The molecular formula is C17H21N3O4S. The Morgan fingerprint density at radius 2 is 2.24 bits per heavy atom. The van der Waals surface area contributed by atoms with Crippen LogP contribution in [0.25, 0.3) is 10.2 Å². The maximum Gasteiger partial charge on any atom is 0.312 e. The van der Waals surface area contributed by atoms with Crippen molar-refractivity contribution in [1.82, 2.24) is 9.88 Å². The molecule has 2 heterocycles. The summed E-state index contributed by atoms with van der Waals surface area (Å²) in [7, 11) is 0. The Kier molecular flexibility index (Phi) is 4.66. The molecule has 1 aromatic carbocycles. The van der Waals surface area contributed by atoms with Crippen molar-refractivity contribution in [3.63, 3.8) is 0 Å². The van der Waals surface area contributed by atoms with Crippen molar-refractivity contribution in [1.29, 1.82) is 0 Å². The molecular weight excluding hydrogens is 342 g/mol. The Morgan fingerprint density at radius 3 is 2.88 bits per heavy atom. The number of fused-ring (bicyclic) bond motifs is 1. The van der Waals surface area contributed by atoms with Crippen molar-refractivity contribution < 1.29 is 19.8 Å². The van der Waals surface area contributed by atoms with Gasteiger partial charge in [-0.3, -0.25) is 9.59 Å². The van der Waals surface area contributed by atoms with Gasteiger partial charge in [-0.1, -0.05) is 24.7 Å². The molecule has 0 radical (unpaired) electrons. The number of carboxylic acid groups (broad SMARTS) is 1. The number of piperidine rings is 1. The number of hydrogen-bond donors (Lipinski definition) is 3. The first-order chi connectivity index (χ1) is 11.9. The molecule has 1 aliphatic rings. The van der Waals surface area contributed by atoms with Crippen LogP contribution in [0.5, 0.6) is 0 Å². The van der Waals surface area contributed by atoms with E-state index in [1.54, 1.807) is 18.2 Å². The number of anilines is 1. The summed E-state index contributed by atoms with van der Waals surface area (Å²) in [6, 6.07) is 5.19. The number of carbonyl (C=O) groups is 2. The third-order valence-electron chi connectivity index (χ3n) is 4.92. The van der Waals surface area contributed by atoms with Gasteiger partial charge in [-0.2, -0.15) is 0 Å². The van der Waals surface area contributed by atoms with Gasteiger partial charge in [-0.05, 0) is 31.0 Å². The van der Waals surface area contributed by atoms with Crippen LogP contribution >= 0.6 is 11.3 Å². The number of nitrogens with zero attached hydrogens (tertiary/aromatic N) is 2. The first kappa shape index (κ1) is 17.6. The molecule has 1 saturated heterocycles. The topological polar surface area (TPSA) is 117 Å². The van der Waals surface area contributed by atoms with Crippen molar-refractivity contribution in [2.24, 2.45) is 5.41 Å². The number of hydrogen-bond acceptors (Lipinski definition) is 6. The van der Waals surface area contributed by atoms with Crippen LogP contribution in [0.3, 0.4) is 0 Å². The number of likely N-dealkylation sites (tertiary alicyclic amines) is 1. The van der Waals surface area contributed by atoms with Gasteiger partial charge in [0.2, 0.25) is 0 Å². The Hall–Kier alpha value is -2.19. The second-order valence-corrected chi connectivity index (χ2v) is 7.53. The summed E-state index contributed by atoms with van der Waals surface area (Å²) in [5, 5.41) is 20.5. The molecule has 1 amide bonds. The smallest absolute Gasteiger partial charge is 0.312 e. The van der Waals surface area contributed by atoms with Crippen molar-refractivity contribution >= 4 is 38.6 Å². The molecule has 0 aliphatic carbocycles. The third kappa shape index (κ3) is 3.07. The molecule has 8 heteroatoms. The minimum atomic E-state index is -1.17. The lowest BCUT2D eigenvalue weighted by atomic mass is 9.72. The maximum absolute atomic E-state index is 12.7. The molecule has 25 heavy (non-hydrogen) atoms. The molecule has 1 fully saturated rings. The maximum atomic E-state index is 12.7. The Morgan fingerprint density at radius 1 is 1.48 bits per heavy atom. The zero-order chi connectivity index (χ0) is 18.2. The summed E-state index contributed by atoms with van der Waals surface area (Å²) in [6.45, 7) is 2.21. The van der Waals surface area contributed by atoms with E-state index in [0.29, 0.717) is 35.6 Å². The lowest BCUT2D eigenvalue weighted by Gasteiger charge is -2.42. The van der Waals surface area contributed by atoms with E-state index in [2.05, 4.69) is 4.98 Å². The number of carbonyl (C=O) groups excluding carboxylic acids is 1. The zero-order valence-corrected chi connectivity index (χ0v) is 14.8. The molecule has 0 bridgehead atoms. The number of β-amino-alcohol motifs (C(OH)–C–C–N with tert-alkyl or cyclic N) is 1. The third-order valence-corrected chi connectivity index (χ3v) is 5.78. The number of benzene rings is 1. The second kappa shape index (κ2) is 6.61. The van der Waals surface area contributed by atoms with E-state index >= 15 is 0 Å². The number of thiazole rings is 1. The van der Waals surface area contributed by atoms with Crippen LogP contribution in [-0.4, -0.2) is 51.2 Å². The fraction of sp³-hybridized carbons (Fsp3) is 0.471. The van der Waals surface area contributed by atoms with Gasteiger partial charge in [0.15, 0.2) is 5.13 Å². The van der Waals surface area contributed by atoms with Crippen LogP contribution in [-0.2, 0) is 4.79 Å². The van der Waals surface area contributed by atoms with Gasteiger partial charge < -0.3 is 20.8 Å². The van der Waals surface area contributed by atoms with Crippen LogP contribution in [0.1, 0.15) is 36.5 Å². The minimum Gasteiger partial charge on any atom is -0.481 e. The van der Waals surface area contributed by atoms with Crippen molar-refractivity contribution in [3.8, 4) is 0 Å². The summed E-state index contributed by atoms with van der Waals surface area (Å²) < 4.78 is 0.903. The second-order valence-electron chi connectivity index (χ2n) is 6.46. The van der Waals surface area contributed by atoms with Crippen LogP contribution in [0.2, 0.25) is 0 Å². The highest BCUT2D eigenvalue weighted by molar-refractivity contribution is 7.22. The quantitative estimate of drug-likeness (QED) is 0.764. The molecule has 4 N–H and O–H groups in total. The largest absolute Gasteiger partial charge is 0.481 e. The fourth-order valence-corrected chi connectivity index (χ4v) is 4.23. The number of aromatic nitrogens is 1. The van der Waals surface area contributed by atoms with Gasteiger partial charge in [0.25, 0.3) is 5.91 Å². The predicted octanol–water partition coefficient (Wildman–Crippen LogP) is 1.96. The average molecular weight is 363 g/mol. The number of nitrogens with two attached hydrogens (primary N) is 1. The van der Waals surface area contributed by atoms with E-state index in [0.717, 1.165) is 4.70 Å². The summed E-state index contributed by atoms with van der Waals surface area (Å²) in [4.78, 5) is 30.1. The summed E-state index contributed by atoms with van der Waals surface area (Å²) in [5.41, 5.74) is 5.65. The highest BCUT2D eigenvalue weighted by Crippen LogP contribution is 2.37. The Labute approximate surface area is 149 Å². The fourth-order valence-electron chi connectivity index (χ4n) is 3.52. The van der Waals surface area contributed by atoms with E-state index in [1.165, 1.54) is 16.2 Å². The number of carboxylic acids is 1. The Balaban J connectivity index is 1.80. The molecule has 1 aromatic heterocycles.